The molecule has 2 aromatic heterocycles. The standard InChI is InChI=1S/C21H25Cl2N5O2/c1-14-12-28(13-15(2)30-14)19-4-3-16(10-24-19)21(29)27-7-5-26(6-8-27)20-18(23)9-17(22)11-25-20/h3-4,9-11,14-15H,5-8,12-13H2,1-2H3. The number of rotatable bonds is 3. The summed E-state index contributed by atoms with van der Waals surface area (Å²) in [6, 6.07) is 5.47. The molecule has 0 aliphatic carbocycles. The normalized spacial score (nSPS) is 22.3. The van der Waals surface area contributed by atoms with E-state index < -0.39 is 0 Å². The molecule has 1 amide bonds. The van der Waals surface area contributed by atoms with Gasteiger partial charge < -0.3 is 19.4 Å². The Kier molecular flexibility index (Phi) is 6.32. The highest BCUT2D eigenvalue weighted by atomic mass is 35.5. The second-order valence-electron chi connectivity index (χ2n) is 7.81. The van der Waals surface area contributed by atoms with Gasteiger partial charge in [-0.2, -0.15) is 0 Å². The highest BCUT2D eigenvalue weighted by molar-refractivity contribution is 6.36. The Morgan fingerprint density at radius 2 is 1.70 bits per heavy atom. The lowest BCUT2D eigenvalue weighted by atomic mass is 10.2. The van der Waals surface area contributed by atoms with E-state index in [4.69, 9.17) is 27.9 Å². The van der Waals surface area contributed by atoms with Gasteiger partial charge in [0.25, 0.3) is 5.91 Å². The maximum absolute atomic E-state index is 12.9. The van der Waals surface area contributed by atoms with Crippen LogP contribution in [0.3, 0.4) is 0 Å². The molecule has 2 atom stereocenters. The van der Waals surface area contributed by atoms with Crippen LogP contribution in [0.25, 0.3) is 0 Å². The predicted molar refractivity (Wildman–Crippen MR) is 119 cm³/mol. The Balaban J connectivity index is 1.37. The number of anilines is 2. The molecule has 0 radical (unpaired) electrons. The number of morpholine rings is 1. The zero-order valence-corrected chi connectivity index (χ0v) is 18.6. The molecule has 0 saturated carbocycles. The molecule has 0 bridgehead atoms. The van der Waals surface area contributed by atoms with E-state index in [1.54, 1.807) is 18.5 Å². The molecule has 2 unspecified atom stereocenters. The quantitative estimate of drug-likeness (QED) is 0.715. The summed E-state index contributed by atoms with van der Waals surface area (Å²) in [5.41, 5.74) is 0.601. The highest BCUT2D eigenvalue weighted by Gasteiger charge is 2.26. The molecule has 2 aliphatic heterocycles. The number of pyridine rings is 2. The van der Waals surface area contributed by atoms with Crippen LogP contribution >= 0.6 is 23.2 Å². The van der Waals surface area contributed by atoms with Gasteiger partial charge in [0.2, 0.25) is 0 Å². The first kappa shape index (κ1) is 21.2. The summed E-state index contributed by atoms with van der Waals surface area (Å²) in [7, 11) is 0. The summed E-state index contributed by atoms with van der Waals surface area (Å²) in [5, 5.41) is 1.03. The van der Waals surface area contributed by atoms with Crippen LogP contribution in [0.4, 0.5) is 11.6 Å². The van der Waals surface area contributed by atoms with Crippen LogP contribution in [0.2, 0.25) is 10.0 Å². The molecule has 30 heavy (non-hydrogen) atoms. The zero-order valence-electron chi connectivity index (χ0n) is 17.1. The summed E-state index contributed by atoms with van der Waals surface area (Å²) in [6.45, 7) is 8.24. The summed E-state index contributed by atoms with van der Waals surface area (Å²) in [5.74, 6) is 1.57. The van der Waals surface area contributed by atoms with E-state index in [2.05, 4.69) is 33.6 Å². The van der Waals surface area contributed by atoms with Gasteiger partial charge in [0, 0.05) is 51.7 Å². The number of hydrogen-bond donors (Lipinski definition) is 0. The van der Waals surface area contributed by atoms with Gasteiger partial charge in [0.05, 0.1) is 27.8 Å². The lowest BCUT2D eigenvalue weighted by Crippen LogP contribution is -2.49. The van der Waals surface area contributed by atoms with E-state index >= 15 is 0 Å². The number of amides is 1. The van der Waals surface area contributed by atoms with E-state index in [0.717, 1.165) is 18.9 Å². The average Bonchev–Trinajstić information content (AvgIpc) is 2.73. The number of nitrogens with zero attached hydrogens (tertiary/aromatic N) is 5. The third kappa shape index (κ3) is 4.63. The molecule has 160 valence electrons. The van der Waals surface area contributed by atoms with Crippen molar-refractivity contribution in [3.63, 3.8) is 0 Å². The van der Waals surface area contributed by atoms with Crippen molar-refractivity contribution in [2.24, 2.45) is 0 Å². The monoisotopic (exact) mass is 449 g/mol. The van der Waals surface area contributed by atoms with Gasteiger partial charge in [0.15, 0.2) is 0 Å². The van der Waals surface area contributed by atoms with E-state index in [0.29, 0.717) is 47.6 Å². The highest BCUT2D eigenvalue weighted by Crippen LogP contribution is 2.27. The maximum atomic E-state index is 12.9. The largest absolute Gasteiger partial charge is 0.372 e. The first-order chi connectivity index (χ1) is 14.4. The predicted octanol–water partition coefficient (Wildman–Crippen LogP) is 3.36. The number of carbonyl (C=O) groups excluding carboxylic acids is 1. The summed E-state index contributed by atoms with van der Waals surface area (Å²) >= 11 is 12.2. The number of ether oxygens (including phenoxy) is 1. The first-order valence-corrected chi connectivity index (χ1v) is 10.9. The summed E-state index contributed by atoms with van der Waals surface area (Å²) in [4.78, 5) is 27.9. The van der Waals surface area contributed by atoms with Gasteiger partial charge in [-0.15, -0.1) is 0 Å². The Hall–Kier alpha value is -2.09. The molecule has 2 fully saturated rings. The van der Waals surface area contributed by atoms with Gasteiger partial charge in [-0.3, -0.25) is 4.79 Å². The summed E-state index contributed by atoms with van der Waals surface area (Å²) < 4.78 is 5.78. The van der Waals surface area contributed by atoms with Crippen molar-refractivity contribution in [3.05, 3.63) is 46.2 Å². The van der Waals surface area contributed by atoms with E-state index in [1.165, 1.54) is 0 Å². The molecule has 2 aliphatic rings. The fourth-order valence-corrected chi connectivity index (χ4v) is 4.51. The molecule has 9 heteroatoms. The van der Waals surface area contributed by atoms with Crippen molar-refractivity contribution >= 4 is 40.7 Å². The maximum Gasteiger partial charge on any atom is 0.255 e. The van der Waals surface area contributed by atoms with Gasteiger partial charge in [0.1, 0.15) is 11.6 Å². The van der Waals surface area contributed by atoms with Crippen LogP contribution in [0.1, 0.15) is 24.2 Å². The Labute approximate surface area is 186 Å². The Morgan fingerprint density at radius 3 is 2.30 bits per heavy atom. The minimum Gasteiger partial charge on any atom is -0.372 e. The van der Waals surface area contributed by atoms with E-state index in [9.17, 15) is 4.79 Å². The van der Waals surface area contributed by atoms with Crippen LogP contribution in [0, 0.1) is 0 Å². The molecule has 2 saturated heterocycles. The Bertz CT molecular complexity index is 893. The minimum absolute atomic E-state index is 0.00687. The van der Waals surface area contributed by atoms with E-state index in [-0.39, 0.29) is 18.1 Å². The molecule has 0 aromatic carbocycles. The number of aromatic nitrogens is 2. The minimum atomic E-state index is -0.00687. The first-order valence-electron chi connectivity index (χ1n) is 10.1. The van der Waals surface area contributed by atoms with Gasteiger partial charge >= 0.3 is 0 Å². The number of hydrogen-bond acceptors (Lipinski definition) is 6. The number of carbonyl (C=O) groups is 1. The van der Waals surface area contributed by atoms with Gasteiger partial charge in [-0.1, -0.05) is 23.2 Å². The molecule has 2 aromatic rings. The second-order valence-corrected chi connectivity index (χ2v) is 8.65. The zero-order chi connectivity index (χ0) is 21.3. The van der Waals surface area contributed by atoms with Crippen molar-refractivity contribution in [3.8, 4) is 0 Å². The van der Waals surface area contributed by atoms with Crippen LogP contribution in [0.5, 0.6) is 0 Å². The van der Waals surface area contributed by atoms with Crippen molar-refractivity contribution < 1.29 is 9.53 Å². The molecule has 0 N–H and O–H groups in total. The van der Waals surface area contributed by atoms with Crippen LogP contribution in [-0.2, 0) is 4.74 Å². The molecule has 0 spiro atoms. The van der Waals surface area contributed by atoms with Crippen molar-refractivity contribution in [2.45, 2.75) is 26.1 Å². The van der Waals surface area contributed by atoms with Crippen LogP contribution in [0.15, 0.2) is 30.6 Å². The smallest absolute Gasteiger partial charge is 0.255 e. The lowest BCUT2D eigenvalue weighted by Gasteiger charge is -2.36. The van der Waals surface area contributed by atoms with Crippen molar-refractivity contribution in [2.75, 3.05) is 49.1 Å². The molecule has 4 heterocycles. The molecule has 4 rings (SSSR count). The molecule has 7 nitrogen and oxygen atoms in total. The van der Waals surface area contributed by atoms with Crippen molar-refractivity contribution in [1.29, 1.82) is 0 Å². The number of piperazine rings is 1. The molecular formula is C21H25Cl2N5O2. The third-order valence-electron chi connectivity index (χ3n) is 5.39. The summed E-state index contributed by atoms with van der Waals surface area (Å²) in [6.07, 6.45) is 3.59. The topological polar surface area (TPSA) is 61.8 Å². The van der Waals surface area contributed by atoms with Crippen LogP contribution < -0.4 is 9.80 Å². The Morgan fingerprint density at radius 1 is 1.00 bits per heavy atom. The fourth-order valence-electron chi connectivity index (χ4n) is 4.01. The third-order valence-corrected chi connectivity index (χ3v) is 5.88. The lowest BCUT2D eigenvalue weighted by molar-refractivity contribution is -0.00546. The van der Waals surface area contributed by atoms with Gasteiger partial charge in [-0.25, -0.2) is 9.97 Å². The van der Waals surface area contributed by atoms with E-state index in [1.807, 2.05) is 17.0 Å². The van der Waals surface area contributed by atoms with Crippen LogP contribution in [-0.4, -0.2) is 72.3 Å². The average molecular weight is 450 g/mol. The van der Waals surface area contributed by atoms with Gasteiger partial charge in [-0.05, 0) is 32.0 Å². The SMILES string of the molecule is CC1CN(c2ccc(C(=O)N3CCN(c4ncc(Cl)cc4Cl)CC3)cn2)CC(C)O1. The fraction of sp³-hybridized carbons (Fsp3) is 0.476. The van der Waals surface area contributed by atoms with Crippen molar-refractivity contribution in [1.82, 2.24) is 14.9 Å². The second kappa shape index (κ2) is 8.96. The number of halogens is 2. The molecular weight excluding hydrogens is 425 g/mol.